The van der Waals surface area contributed by atoms with Gasteiger partial charge in [-0.3, -0.25) is 4.79 Å². The highest BCUT2D eigenvalue weighted by Gasteiger charge is 2.33. The molecule has 1 amide bonds. The van der Waals surface area contributed by atoms with Gasteiger partial charge in [-0.25, -0.2) is 8.42 Å². The maximum absolute atomic E-state index is 12.7. The molecule has 1 fully saturated rings. The van der Waals surface area contributed by atoms with Crippen molar-refractivity contribution in [2.24, 2.45) is 5.92 Å². The molecule has 6 heteroatoms. The second-order valence-electron chi connectivity index (χ2n) is 5.55. The van der Waals surface area contributed by atoms with E-state index >= 15 is 0 Å². The first-order valence-electron chi connectivity index (χ1n) is 7.40. The van der Waals surface area contributed by atoms with Crippen LogP contribution >= 0.6 is 0 Å². The molecular formula is C16H22N2O3S. The second kappa shape index (κ2) is 7.07. The molecule has 2 rings (SSSR count). The Balaban J connectivity index is 2.12. The molecule has 0 aromatic heterocycles. The van der Waals surface area contributed by atoms with Crippen LogP contribution in [0.2, 0.25) is 0 Å². The maximum Gasteiger partial charge on any atom is 0.243 e. The van der Waals surface area contributed by atoms with E-state index in [-0.39, 0.29) is 23.3 Å². The summed E-state index contributed by atoms with van der Waals surface area (Å²) in [5.74, 6) is -0.405. The molecule has 1 heterocycles. The van der Waals surface area contributed by atoms with E-state index in [0.717, 1.165) is 5.56 Å². The van der Waals surface area contributed by atoms with Gasteiger partial charge in [0.05, 0.1) is 10.8 Å². The highest BCUT2D eigenvalue weighted by Crippen LogP contribution is 2.24. The normalized spacial score (nSPS) is 19.6. The minimum atomic E-state index is -3.53. The lowest BCUT2D eigenvalue weighted by Crippen LogP contribution is -2.45. The zero-order chi connectivity index (χ0) is 16.2. The molecule has 1 aliphatic rings. The van der Waals surface area contributed by atoms with Gasteiger partial charge in [-0.05, 0) is 31.9 Å². The van der Waals surface area contributed by atoms with E-state index < -0.39 is 10.0 Å². The van der Waals surface area contributed by atoms with Crippen LogP contribution in [0.25, 0.3) is 0 Å². The molecule has 1 aromatic carbocycles. The number of benzene rings is 1. The minimum absolute atomic E-state index is 0.108. The predicted molar refractivity (Wildman–Crippen MR) is 85.9 cm³/mol. The summed E-state index contributed by atoms with van der Waals surface area (Å²) in [6.45, 7) is 6.57. The Morgan fingerprint density at radius 1 is 1.41 bits per heavy atom. The van der Waals surface area contributed by atoms with Crippen LogP contribution in [0.1, 0.15) is 18.4 Å². The molecule has 1 atom stereocenters. The van der Waals surface area contributed by atoms with Crippen molar-refractivity contribution in [3.63, 3.8) is 0 Å². The molecule has 0 aliphatic carbocycles. The van der Waals surface area contributed by atoms with Crippen LogP contribution in [0.3, 0.4) is 0 Å². The highest BCUT2D eigenvalue weighted by atomic mass is 32.2. The van der Waals surface area contributed by atoms with Crippen LogP contribution in [-0.4, -0.2) is 38.3 Å². The van der Waals surface area contributed by atoms with Crippen molar-refractivity contribution in [3.8, 4) is 0 Å². The lowest BCUT2D eigenvalue weighted by Gasteiger charge is -2.31. The summed E-state index contributed by atoms with van der Waals surface area (Å²) in [6, 6.07) is 6.80. The molecule has 0 unspecified atom stereocenters. The third kappa shape index (κ3) is 3.75. The number of piperidine rings is 1. The Bertz CT molecular complexity index is 638. The Hall–Kier alpha value is -1.66. The lowest BCUT2D eigenvalue weighted by molar-refractivity contribution is -0.125. The Morgan fingerprint density at radius 3 is 2.73 bits per heavy atom. The fourth-order valence-electron chi connectivity index (χ4n) is 2.55. The molecule has 1 aromatic rings. The molecule has 22 heavy (non-hydrogen) atoms. The van der Waals surface area contributed by atoms with Crippen molar-refractivity contribution < 1.29 is 13.2 Å². The standard InChI is InChI=1S/C16H22N2O3S/c1-3-10-17-16(19)14-5-4-11-18(12-14)22(20,21)15-8-6-13(2)7-9-15/h3,6-9,14H,1,4-5,10-12H2,2H3,(H,17,19)/t14-/m1/s1. The van der Waals surface area contributed by atoms with E-state index in [1.54, 1.807) is 30.3 Å². The van der Waals surface area contributed by atoms with Gasteiger partial charge in [0.15, 0.2) is 0 Å². The molecule has 1 N–H and O–H groups in total. The Kier molecular flexibility index (Phi) is 5.37. The number of nitrogens with one attached hydrogen (secondary N) is 1. The molecular weight excluding hydrogens is 300 g/mol. The SMILES string of the molecule is C=CCNC(=O)[C@@H]1CCCN(S(=O)(=O)c2ccc(C)cc2)C1. The summed E-state index contributed by atoms with van der Waals surface area (Å²) in [6.07, 6.45) is 3.02. The van der Waals surface area contributed by atoms with Gasteiger partial charge < -0.3 is 5.32 Å². The number of carbonyl (C=O) groups excluding carboxylic acids is 1. The van der Waals surface area contributed by atoms with Crippen LogP contribution in [0.15, 0.2) is 41.8 Å². The number of nitrogens with zero attached hydrogens (tertiary/aromatic N) is 1. The molecule has 5 nitrogen and oxygen atoms in total. The van der Waals surface area contributed by atoms with E-state index in [1.807, 2.05) is 6.92 Å². The number of amides is 1. The molecule has 120 valence electrons. The largest absolute Gasteiger partial charge is 0.352 e. The summed E-state index contributed by atoms with van der Waals surface area (Å²) in [5.41, 5.74) is 1.01. The topological polar surface area (TPSA) is 66.5 Å². The quantitative estimate of drug-likeness (QED) is 0.839. The lowest BCUT2D eigenvalue weighted by atomic mass is 9.99. The molecule has 0 bridgehead atoms. The van der Waals surface area contributed by atoms with E-state index in [2.05, 4.69) is 11.9 Å². The van der Waals surface area contributed by atoms with Crippen molar-refractivity contribution in [2.45, 2.75) is 24.7 Å². The van der Waals surface area contributed by atoms with Gasteiger partial charge in [-0.15, -0.1) is 6.58 Å². The van der Waals surface area contributed by atoms with Gasteiger partial charge in [0.25, 0.3) is 0 Å². The first-order valence-corrected chi connectivity index (χ1v) is 8.84. The van der Waals surface area contributed by atoms with E-state index in [4.69, 9.17) is 0 Å². The monoisotopic (exact) mass is 322 g/mol. The van der Waals surface area contributed by atoms with E-state index in [9.17, 15) is 13.2 Å². The van der Waals surface area contributed by atoms with Gasteiger partial charge in [-0.1, -0.05) is 23.8 Å². The number of aryl methyl sites for hydroxylation is 1. The third-order valence-corrected chi connectivity index (χ3v) is 5.71. The zero-order valence-electron chi connectivity index (χ0n) is 12.8. The average molecular weight is 322 g/mol. The summed E-state index contributed by atoms with van der Waals surface area (Å²) in [4.78, 5) is 12.3. The summed E-state index contributed by atoms with van der Waals surface area (Å²) < 4.78 is 26.7. The van der Waals surface area contributed by atoms with Crippen molar-refractivity contribution in [2.75, 3.05) is 19.6 Å². The van der Waals surface area contributed by atoms with E-state index in [0.29, 0.717) is 25.9 Å². The number of rotatable bonds is 5. The van der Waals surface area contributed by atoms with Crippen molar-refractivity contribution in [1.82, 2.24) is 9.62 Å². The van der Waals surface area contributed by atoms with Crippen molar-refractivity contribution in [1.29, 1.82) is 0 Å². The second-order valence-corrected chi connectivity index (χ2v) is 7.49. The summed E-state index contributed by atoms with van der Waals surface area (Å²) in [7, 11) is -3.53. The molecule has 0 saturated carbocycles. The zero-order valence-corrected chi connectivity index (χ0v) is 13.6. The van der Waals surface area contributed by atoms with Crippen LogP contribution in [0.5, 0.6) is 0 Å². The third-order valence-electron chi connectivity index (χ3n) is 3.83. The number of carbonyl (C=O) groups is 1. The van der Waals surface area contributed by atoms with Gasteiger partial charge in [0.1, 0.15) is 0 Å². The summed E-state index contributed by atoms with van der Waals surface area (Å²) >= 11 is 0. The van der Waals surface area contributed by atoms with Gasteiger partial charge in [0.2, 0.25) is 15.9 Å². The van der Waals surface area contributed by atoms with Gasteiger partial charge in [0, 0.05) is 19.6 Å². The van der Waals surface area contributed by atoms with Gasteiger partial charge in [-0.2, -0.15) is 4.31 Å². The van der Waals surface area contributed by atoms with Crippen LogP contribution in [0.4, 0.5) is 0 Å². The Morgan fingerprint density at radius 2 is 2.09 bits per heavy atom. The van der Waals surface area contributed by atoms with E-state index in [1.165, 1.54) is 4.31 Å². The van der Waals surface area contributed by atoms with Crippen LogP contribution in [-0.2, 0) is 14.8 Å². The number of hydrogen-bond donors (Lipinski definition) is 1. The minimum Gasteiger partial charge on any atom is -0.352 e. The first kappa shape index (κ1) is 16.7. The van der Waals surface area contributed by atoms with Crippen molar-refractivity contribution >= 4 is 15.9 Å². The number of hydrogen-bond acceptors (Lipinski definition) is 3. The fraction of sp³-hybridized carbons (Fsp3) is 0.438. The molecule has 0 spiro atoms. The smallest absolute Gasteiger partial charge is 0.243 e. The van der Waals surface area contributed by atoms with Crippen LogP contribution < -0.4 is 5.32 Å². The highest BCUT2D eigenvalue weighted by molar-refractivity contribution is 7.89. The van der Waals surface area contributed by atoms with Gasteiger partial charge >= 0.3 is 0 Å². The maximum atomic E-state index is 12.7. The molecule has 1 aliphatic heterocycles. The average Bonchev–Trinajstić information content (AvgIpc) is 2.53. The predicted octanol–water partition coefficient (Wildman–Crippen LogP) is 1.70. The van der Waals surface area contributed by atoms with Crippen LogP contribution in [0, 0.1) is 12.8 Å². The molecule has 0 radical (unpaired) electrons. The van der Waals surface area contributed by atoms with Crippen molar-refractivity contribution in [3.05, 3.63) is 42.5 Å². The Labute approximate surface area is 132 Å². The number of sulfonamides is 1. The summed E-state index contributed by atoms with van der Waals surface area (Å²) in [5, 5.41) is 2.74. The fourth-order valence-corrected chi connectivity index (χ4v) is 4.07. The first-order chi connectivity index (χ1) is 10.4. The molecule has 1 saturated heterocycles.